The molecule has 0 aliphatic carbocycles. The number of hydrogen-bond donors (Lipinski definition) is 2. The van der Waals surface area contributed by atoms with Crippen LogP contribution in [-0.4, -0.2) is 99.0 Å². The second kappa shape index (κ2) is 39.7. The summed E-state index contributed by atoms with van der Waals surface area (Å²) in [7, 11) is -1.50. The molecule has 1 aromatic heterocycles. The Hall–Kier alpha value is -1.44. The fraction of sp³-hybridized carbons (Fsp3) is 0.906. The maximum absolute atomic E-state index is 11.0. The molecule has 1 aromatic rings. The van der Waals surface area contributed by atoms with E-state index in [1.807, 2.05) is 27.1 Å². The monoisotopic (exact) mass is 684 g/mol. The lowest BCUT2D eigenvalue weighted by Crippen LogP contribution is -2.13. The van der Waals surface area contributed by atoms with Gasteiger partial charge in [0.15, 0.2) is 0 Å². The predicted octanol–water partition coefficient (Wildman–Crippen LogP) is 5.92. The molecule has 0 saturated carbocycles. The van der Waals surface area contributed by atoms with Gasteiger partial charge in [-0.15, -0.1) is 5.10 Å². The van der Waals surface area contributed by atoms with Crippen molar-refractivity contribution in [3.63, 3.8) is 0 Å². The molecule has 1 rings (SSSR count). The topological polar surface area (TPSA) is 166 Å². The molecule has 0 aliphatic heterocycles. The van der Waals surface area contributed by atoms with E-state index in [9.17, 15) is 4.57 Å². The molecule has 0 saturated heterocycles. The molecule has 0 aromatic carbocycles. The summed E-state index contributed by atoms with van der Waals surface area (Å²) in [6.07, 6.45) is 13.9. The number of carbonyl (C=O) groups excluding carboxylic acids is 1. The predicted molar refractivity (Wildman–Crippen MR) is 184 cm³/mol. The van der Waals surface area contributed by atoms with Gasteiger partial charge in [0, 0.05) is 20.3 Å². The van der Waals surface area contributed by atoms with Crippen LogP contribution in [0.2, 0.25) is 0 Å². The van der Waals surface area contributed by atoms with Gasteiger partial charge in [-0.25, -0.2) is 0 Å². The Morgan fingerprint density at radius 3 is 1.65 bits per heavy atom. The zero-order valence-corrected chi connectivity index (χ0v) is 31.1. The highest BCUT2D eigenvalue weighted by Crippen LogP contribution is 2.36. The van der Waals surface area contributed by atoms with E-state index in [4.69, 9.17) is 37.9 Å². The first-order valence-corrected chi connectivity index (χ1v) is 19.0. The van der Waals surface area contributed by atoms with Crippen LogP contribution in [0.4, 0.5) is 0 Å². The molecular formula is C32H69N4O9P. The van der Waals surface area contributed by atoms with E-state index < -0.39 is 7.60 Å². The maximum Gasteiger partial charge on any atom is 0.325 e. The lowest BCUT2D eigenvalue weighted by molar-refractivity contribution is -0.106. The van der Waals surface area contributed by atoms with Crippen LogP contribution in [0, 0.1) is 5.92 Å². The summed E-state index contributed by atoms with van der Waals surface area (Å²) >= 11 is 0. The maximum atomic E-state index is 11.0. The number of hydrogen-bond acceptors (Lipinski definition) is 10. The van der Waals surface area contributed by atoms with E-state index in [-0.39, 0.29) is 6.41 Å². The van der Waals surface area contributed by atoms with Gasteiger partial charge in [0.05, 0.1) is 72.3 Å². The third-order valence-corrected chi connectivity index (χ3v) is 6.45. The molecule has 276 valence electrons. The molecule has 13 nitrogen and oxygen atoms in total. The van der Waals surface area contributed by atoms with Crippen molar-refractivity contribution in [1.29, 1.82) is 0 Å². The largest absolute Gasteiger partial charge is 0.379 e. The van der Waals surface area contributed by atoms with Gasteiger partial charge in [0.1, 0.15) is 5.69 Å². The number of primary amides is 1. The van der Waals surface area contributed by atoms with Gasteiger partial charge in [-0.1, -0.05) is 91.2 Å². The molecule has 14 heteroatoms. The van der Waals surface area contributed by atoms with Gasteiger partial charge in [-0.2, -0.15) is 0 Å². The lowest BCUT2D eigenvalue weighted by Gasteiger charge is -2.08. The third-order valence-electron chi connectivity index (χ3n) is 5.79. The molecule has 1 unspecified atom stereocenters. The standard InChI is InChI=1S/C21H42N3O8P.C8H18.C2H6.CH3NO/c1-24-19-21(22-23-24)20-31-18-17-30-16-15-29-14-13-28-12-11-27-9-7-5-3-4-6-8-10-32-33(2,25)26;1-4-5-6-7-8(2)3;1-2;2-1-3/h19H,3-18,20H2,1-2H3,(H,25,26);8H,4-7H2,1-3H3;1-2H3;1H,(H2,2,3). The normalized spacial score (nSPS) is 11.8. The van der Waals surface area contributed by atoms with Crippen molar-refractivity contribution in [2.24, 2.45) is 18.7 Å². The van der Waals surface area contributed by atoms with Gasteiger partial charge in [-0.05, 0) is 18.8 Å². The van der Waals surface area contributed by atoms with Crippen LogP contribution >= 0.6 is 7.60 Å². The summed E-state index contributed by atoms with van der Waals surface area (Å²) in [6.45, 7) is 17.9. The second-order valence-electron chi connectivity index (χ2n) is 10.7. The van der Waals surface area contributed by atoms with Crippen LogP contribution in [0.1, 0.15) is 105 Å². The Morgan fingerprint density at radius 1 is 0.804 bits per heavy atom. The van der Waals surface area contributed by atoms with Crippen LogP contribution in [-0.2, 0) is 51.2 Å². The fourth-order valence-electron chi connectivity index (χ4n) is 3.57. The molecule has 1 heterocycles. The van der Waals surface area contributed by atoms with E-state index >= 15 is 0 Å². The van der Waals surface area contributed by atoms with Gasteiger partial charge in [-0.3, -0.25) is 14.0 Å². The summed E-state index contributed by atoms with van der Waals surface area (Å²) in [5.41, 5.74) is 4.97. The molecular weight excluding hydrogens is 615 g/mol. The van der Waals surface area contributed by atoms with Gasteiger partial charge < -0.3 is 38.8 Å². The van der Waals surface area contributed by atoms with Crippen LogP contribution in [0.15, 0.2) is 6.20 Å². The van der Waals surface area contributed by atoms with E-state index in [0.717, 1.165) is 56.7 Å². The number of nitrogens with zero attached hydrogens (tertiary/aromatic N) is 3. The highest BCUT2D eigenvalue weighted by Gasteiger charge is 2.08. The number of ether oxygens (including phenoxy) is 5. The number of unbranched alkanes of at least 4 members (excludes halogenated alkanes) is 7. The molecule has 0 spiro atoms. The Kier molecular flexibility index (Phi) is 42.3. The van der Waals surface area contributed by atoms with Crippen LogP contribution in [0.3, 0.4) is 0 Å². The van der Waals surface area contributed by atoms with Crippen molar-refractivity contribution in [3.8, 4) is 0 Å². The van der Waals surface area contributed by atoms with Crippen LogP contribution < -0.4 is 5.73 Å². The van der Waals surface area contributed by atoms with Crippen molar-refractivity contribution in [2.75, 3.05) is 72.7 Å². The SMILES string of the molecule is CC.CCCCCC(C)C.Cn1cc(COCCOCCOCCOCCOCCCCCCCCOP(C)(=O)O)nn1.NC=O. The second-order valence-corrected chi connectivity index (χ2v) is 12.5. The number of amides is 1. The van der Waals surface area contributed by atoms with Gasteiger partial charge in [0.2, 0.25) is 6.41 Å². The smallest absolute Gasteiger partial charge is 0.325 e. The van der Waals surface area contributed by atoms with Crippen molar-refractivity contribution in [1.82, 2.24) is 15.0 Å². The van der Waals surface area contributed by atoms with Crippen molar-refractivity contribution >= 4 is 14.0 Å². The van der Waals surface area contributed by atoms with E-state index in [2.05, 4.69) is 36.8 Å². The zero-order chi connectivity index (χ0) is 35.2. The summed E-state index contributed by atoms with van der Waals surface area (Å²) in [4.78, 5) is 17.6. The van der Waals surface area contributed by atoms with Crippen molar-refractivity contribution < 1.29 is 42.5 Å². The molecule has 1 atom stereocenters. The van der Waals surface area contributed by atoms with Crippen molar-refractivity contribution in [3.05, 3.63) is 11.9 Å². The molecule has 0 radical (unpaired) electrons. The van der Waals surface area contributed by atoms with Crippen LogP contribution in [0.25, 0.3) is 0 Å². The minimum Gasteiger partial charge on any atom is -0.379 e. The van der Waals surface area contributed by atoms with Crippen LogP contribution in [0.5, 0.6) is 0 Å². The van der Waals surface area contributed by atoms with Gasteiger partial charge in [0.25, 0.3) is 0 Å². The number of nitrogens with two attached hydrogens (primary N) is 1. The van der Waals surface area contributed by atoms with Crippen molar-refractivity contribution in [2.45, 2.75) is 105 Å². The summed E-state index contributed by atoms with van der Waals surface area (Å²) < 4.78 is 44.8. The Labute approximate surface area is 280 Å². The molecule has 1 amide bonds. The minimum atomic E-state index is -3.31. The molecule has 0 fully saturated rings. The first kappa shape index (κ1) is 49.0. The Balaban J connectivity index is -0.00000120. The minimum absolute atomic E-state index is 0.250. The Morgan fingerprint density at radius 2 is 1.24 bits per heavy atom. The van der Waals surface area contributed by atoms with E-state index in [0.29, 0.717) is 66.1 Å². The first-order valence-electron chi connectivity index (χ1n) is 17.0. The fourth-order valence-corrected chi connectivity index (χ4v) is 4.04. The average molecular weight is 685 g/mol. The zero-order valence-electron chi connectivity index (χ0n) is 30.2. The first-order chi connectivity index (χ1) is 22.2. The van der Waals surface area contributed by atoms with E-state index in [1.54, 1.807) is 4.68 Å². The summed E-state index contributed by atoms with van der Waals surface area (Å²) in [5, 5.41) is 7.77. The average Bonchev–Trinajstić information content (AvgIpc) is 3.43. The summed E-state index contributed by atoms with van der Waals surface area (Å²) in [6, 6.07) is 0. The molecule has 0 aliphatic rings. The number of aryl methyl sites for hydroxylation is 1. The molecule has 0 bridgehead atoms. The quantitative estimate of drug-likeness (QED) is 0.0611. The third kappa shape index (κ3) is 47.0. The van der Waals surface area contributed by atoms with Gasteiger partial charge >= 0.3 is 7.60 Å². The highest BCUT2D eigenvalue weighted by atomic mass is 31.2. The number of carbonyl (C=O) groups is 1. The summed E-state index contributed by atoms with van der Waals surface area (Å²) in [5.74, 6) is 0.904. The Bertz CT molecular complexity index is 768. The number of rotatable bonds is 28. The molecule has 3 N–H and O–H groups in total. The highest BCUT2D eigenvalue weighted by molar-refractivity contribution is 7.51. The lowest BCUT2D eigenvalue weighted by atomic mass is 10.1. The number of aromatic nitrogens is 3. The van der Waals surface area contributed by atoms with E-state index in [1.165, 1.54) is 32.3 Å². The molecule has 46 heavy (non-hydrogen) atoms.